The zero-order valence-electron chi connectivity index (χ0n) is 13.1. The molecule has 0 heterocycles. The average molecular weight is 319 g/mol. The van der Waals surface area contributed by atoms with Gasteiger partial charge in [-0.05, 0) is 33.0 Å². The van der Waals surface area contributed by atoms with Crippen molar-refractivity contribution in [3.05, 3.63) is 23.7 Å². The number of amides is 1. The van der Waals surface area contributed by atoms with Gasteiger partial charge in [0.15, 0.2) is 11.5 Å². The van der Waals surface area contributed by atoms with Crippen LogP contribution in [0.3, 0.4) is 0 Å². The smallest absolute Gasteiger partial charge is 0.223 e. The van der Waals surface area contributed by atoms with Crippen molar-refractivity contribution in [1.82, 2.24) is 10.2 Å². The van der Waals surface area contributed by atoms with Crippen LogP contribution in [0.5, 0.6) is 0 Å². The van der Waals surface area contributed by atoms with E-state index in [1.165, 1.54) is 12.2 Å². The summed E-state index contributed by atoms with van der Waals surface area (Å²) in [4.78, 5) is 13.7. The van der Waals surface area contributed by atoms with Crippen molar-refractivity contribution in [3.63, 3.8) is 0 Å². The molecule has 0 aliphatic rings. The Morgan fingerprint density at radius 2 is 2.05 bits per heavy atom. The van der Waals surface area contributed by atoms with Gasteiger partial charge in [-0.1, -0.05) is 19.4 Å². The van der Waals surface area contributed by atoms with Crippen LogP contribution in [-0.2, 0) is 4.79 Å². The number of carbonyl (C=O) groups excluding carboxylic acids is 1. The summed E-state index contributed by atoms with van der Waals surface area (Å²) >= 11 is 5.61. The fourth-order valence-electron chi connectivity index (χ4n) is 1.56. The molecule has 21 heavy (non-hydrogen) atoms. The summed E-state index contributed by atoms with van der Waals surface area (Å²) in [6.07, 6.45) is 5.22. The lowest BCUT2D eigenvalue weighted by Crippen LogP contribution is -2.33. The van der Waals surface area contributed by atoms with E-state index < -0.39 is 5.38 Å². The second-order valence-corrected chi connectivity index (χ2v) is 5.65. The first-order valence-electron chi connectivity index (χ1n) is 7.26. The van der Waals surface area contributed by atoms with Gasteiger partial charge in [-0.15, -0.1) is 11.6 Å². The summed E-state index contributed by atoms with van der Waals surface area (Å²) < 4.78 is 0. The summed E-state index contributed by atoms with van der Waals surface area (Å²) in [6.45, 7) is 6.13. The Kier molecular flexibility index (Phi) is 10.8. The molecule has 0 fully saturated rings. The van der Waals surface area contributed by atoms with Gasteiger partial charge >= 0.3 is 0 Å². The van der Waals surface area contributed by atoms with E-state index >= 15 is 0 Å². The Morgan fingerprint density at radius 1 is 1.38 bits per heavy atom. The molecule has 0 saturated heterocycles. The molecule has 5 nitrogen and oxygen atoms in total. The third kappa shape index (κ3) is 10.2. The highest BCUT2D eigenvalue weighted by Crippen LogP contribution is 2.10. The van der Waals surface area contributed by atoms with E-state index in [1.54, 1.807) is 6.92 Å². The van der Waals surface area contributed by atoms with Gasteiger partial charge in [0, 0.05) is 19.5 Å². The molecule has 0 rings (SSSR count). The number of halogens is 1. The van der Waals surface area contributed by atoms with E-state index in [4.69, 9.17) is 11.6 Å². The van der Waals surface area contributed by atoms with Crippen LogP contribution in [0.15, 0.2) is 23.7 Å². The number of hydrogen-bond donors (Lipinski definition) is 3. The zero-order valence-corrected chi connectivity index (χ0v) is 13.9. The first-order valence-corrected chi connectivity index (χ1v) is 7.70. The van der Waals surface area contributed by atoms with Crippen molar-refractivity contribution in [3.8, 4) is 0 Å². The highest BCUT2D eigenvalue weighted by Gasteiger charge is 2.07. The Hall–Kier alpha value is -1.20. The first-order chi connectivity index (χ1) is 9.88. The fraction of sp³-hybridized carbons (Fsp3) is 0.667. The zero-order chi connectivity index (χ0) is 16.3. The van der Waals surface area contributed by atoms with Gasteiger partial charge < -0.3 is 20.4 Å². The normalized spacial score (nSPS) is 14.3. The molecule has 1 unspecified atom stereocenters. The maximum absolute atomic E-state index is 11.6. The topological polar surface area (TPSA) is 72.8 Å². The highest BCUT2D eigenvalue weighted by atomic mass is 35.5. The number of rotatable bonds is 10. The molecular weight excluding hydrogens is 292 g/mol. The Labute approximate surface area is 132 Å². The van der Waals surface area contributed by atoms with Gasteiger partial charge in [0.25, 0.3) is 0 Å². The third-order valence-corrected chi connectivity index (χ3v) is 3.13. The van der Waals surface area contributed by atoms with E-state index in [0.29, 0.717) is 6.54 Å². The lowest BCUT2D eigenvalue weighted by Gasteiger charge is -2.16. The Morgan fingerprint density at radius 3 is 2.62 bits per heavy atom. The largest absolute Gasteiger partial charge is 0.507 e. The molecule has 1 atom stereocenters. The van der Waals surface area contributed by atoms with Gasteiger partial charge in [0.05, 0.1) is 5.38 Å². The van der Waals surface area contributed by atoms with E-state index in [9.17, 15) is 15.0 Å². The Bertz CT molecular complexity index is 368. The van der Waals surface area contributed by atoms with Crippen molar-refractivity contribution in [2.45, 2.75) is 38.5 Å². The van der Waals surface area contributed by atoms with Crippen LogP contribution >= 0.6 is 11.6 Å². The molecule has 0 spiro atoms. The van der Waals surface area contributed by atoms with Crippen LogP contribution in [0.4, 0.5) is 0 Å². The van der Waals surface area contributed by atoms with Gasteiger partial charge in [-0.2, -0.15) is 0 Å². The summed E-state index contributed by atoms with van der Waals surface area (Å²) in [7, 11) is 2.03. The van der Waals surface area contributed by atoms with Crippen LogP contribution in [0.25, 0.3) is 0 Å². The molecule has 3 N–H and O–H groups in total. The predicted molar refractivity (Wildman–Crippen MR) is 86.8 cm³/mol. The quantitative estimate of drug-likeness (QED) is 0.329. The number of hydrogen-bond acceptors (Lipinski definition) is 4. The van der Waals surface area contributed by atoms with Crippen molar-refractivity contribution < 1.29 is 15.0 Å². The van der Waals surface area contributed by atoms with Gasteiger partial charge in [0.1, 0.15) is 0 Å². The van der Waals surface area contributed by atoms with Crippen LogP contribution in [0, 0.1) is 0 Å². The molecule has 0 aromatic carbocycles. The number of aliphatic hydroxyl groups is 2. The molecule has 0 aromatic rings. The summed E-state index contributed by atoms with van der Waals surface area (Å²) in [5.74, 6) is -0.739. The lowest BCUT2D eigenvalue weighted by atomic mass is 10.2. The van der Waals surface area contributed by atoms with Crippen LogP contribution in [-0.4, -0.2) is 53.1 Å². The second kappa shape index (κ2) is 11.5. The van der Waals surface area contributed by atoms with Crippen LogP contribution < -0.4 is 5.32 Å². The standard InChI is InChI=1S/C15H27ClN2O3/c1-4-5-10-18(3)11-9-17-14(20)8-6-7-13(19)15(21)12(2)16/h6-7,12,19,21H,4-5,8-11H2,1-3H3,(H,17,20)/b7-6-,15-13-. The minimum absolute atomic E-state index is 0.124. The maximum atomic E-state index is 11.6. The maximum Gasteiger partial charge on any atom is 0.223 e. The molecule has 0 radical (unpaired) electrons. The number of nitrogens with zero attached hydrogens (tertiary/aromatic N) is 1. The van der Waals surface area contributed by atoms with E-state index in [0.717, 1.165) is 25.9 Å². The number of nitrogens with one attached hydrogen (secondary N) is 1. The van der Waals surface area contributed by atoms with Gasteiger partial charge in [-0.25, -0.2) is 0 Å². The number of alkyl halides is 1. The fourth-order valence-corrected chi connectivity index (χ4v) is 1.68. The lowest BCUT2D eigenvalue weighted by molar-refractivity contribution is -0.120. The summed E-state index contributed by atoms with van der Waals surface area (Å²) in [5, 5.41) is 21.0. The molecule has 0 saturated carbocycles. The molecule has 0 bridgehead atoms. The van der Waals surface area contributed by atoms with Crippen molar-refractivity contribution in [2.75, 3.05) is 26.7 Å². The second-order valence-electron chi connectivity index (χ2n) is 5.00. The van der Waals surface area contributed by atoms with Gasteiger partial charge in [-0.3, -0.25) is 4.79 Å². The van der Waals surface area contributed by atoms with E-state index in [2.05, 4.69) is 17.1 Å². The minimum Gasteiger partial charge on any atom is -0.507 e. The summed E-state index contributed by atoms with van der Waals surface area (Å²) in [6, 6.07) is 0. The predicted octanol–water partition coefficient (Wildman–Crippen LogP) is 2.74. The molecule has 6 heteroatoms. The molecule has 122 valence electrons. The molecule has 0 aliphatic carbocycles. The van der Waals surface area contributed by atoms with Crippen LogP contribution in [0.2, 0.25) is 0 Å². The average Bonchev–Trinajstić information content (AvgIpc) is 2.43. The van der Waals surface area contributed by atoms with Crippen LogP contribution in [0.1, 0.15) is 33.1 Å². The van der Waals surface area contributed by atoms with Crippen molar-refractivity contribution in [1.29, 1.82) is 0 Å². The number of unbranched alkanes of at least 4 members (excludes halogenated alkanes) is 1. The van der Waals surface area contributed by atoms with E-state index in [1.807, 2.05) is 7.05 Å². The van der Waals surface area contributed by atoms with Crippen molar-refractivity contribution >= 4 is 17.5 Å². The highest BCUT2D eigenvalue weighted by molar-refractivity contribution is 6.21. The first kappa shape index (κ1) is 19.8. The summed E-state index contributed by atoms with van der Waals surface area (Å²) in [5.41, 5.74) is 0. The number of likely N-dealkylation sites (N-methyl/N-ethyl adjacent to an activating group) is 1. The number of carbonyl (C=O) groups is 1. The monoisotopic (exact) mass is 318 g/mol. The Balaban J connectivity index is 3.93. The molecular formula is C15H27ClN2O3. The van der Waals surface area contributed by atoms with E-state index in [-0.39, 0.29) is 23.8 Å². The van der Waals surface area contributed by atoms with Crippen molar-refractivity contribution in [2.24, 2.45) is 0 Å². The number of aliphatic hydroxyl groups excluding tert-OH is 2. The molecule has 0 aliphatic heterocycles. The molecule has 1 amide bonds. The molecule has 0 aromatic heterocycles. The van der Waals surface area contributed by atoms with Gasteiger partial charge in [0.2, 0.25) is 5.91 Å². The number of allylic oxidation sites excluding steroid dienone is 2. The minimum atomic E-state index is -0.665. The third-order valence-electron chi connectivity index (χ3n) is 2.93. The SMILES string of the molecule is CCCCN(C)CCNC(=O)C/C=C\C(O)=C(\O)C(C)Cl.